The van der Waals surface area contributed by atoms with Crippen LogP contribution < -0.4 is 0 Å². The van der Waals surface area contributed by atoms with Gasteiger partial charge in [0, 0.05) is 19.0 Å². The normalized spacial score (nSPS) is 23.7. The molecule has 1 saturated heterocycles. The molecule has 76 valence electrons. The maximum absolute atomic E-state index is 11.8. The van der Waals surface area contributed by atoms with E-state index in [0.29, 0.717) is 18.4 Å². The van der Waals surface area contributed by atoms with E-state index in [0.717, 1.165) is 6.54 Å². The fourth-order valence-electron chi connectivity index (χ4n) is 1.86. The first-order valence-electron chi connectivity index (χ1n) is 5.19. The third-order valence-corrected chi connectivity index (χ3v) is 2.55. The lowest BCUT2D eigenvalue weighted by Gasteiger charge is -2.26. The van der Waals surface area contributed by atoms with Crippen LogP contribution >= 0.6 is 0 Å². The first-order chi connectivity index (χ1) is 5.90. The van der Waals surface area contributed by atoms with Gasteiger partial charge >= 0.3 is 0 Å². The maximum Gasteiger partial charge on any atom is 0.223 e. The van der Waals surface area contributed by atoms with Crippen LogP contribution in [0.1, 0.15) is 47.0 Å². The van der Waals surface area contributed by atoms with Gasteiger partial charge in [-0.3, -0.25) is 4.79 Å². The molecule has 2 nitrogen and oxygen atoms in total. The lowest BCUT2D eigenvalue weighted by molar-refractivity contribution is -0.133. The van der Waals surface area contributed by atoms with Crippen LogP contribution in [0.15, 0.2) is 0 Å². The summed E-state index contributed by atoms with van der Waals surface area (Å²) in [6.07, 6.45) is 3.03. The van der Waals surface area contributed by atoms with Crippen molar-refractivity contribution in [3.63, 3.8) is 0 Å². The Labute approximate surface area is 81.3 Å². The Hall–Kier alpha value is -0.530. The van der Waals surface area contributed by atoms with Crippen LogP contribution in [0.5, 0.6) is 0 Å². The maximum atomic E-state index is 11.8. The second-order valence-electron chi connectivity index (χ2n) is 5.32. The minimum absolute atomic E-state index is 0.124. The molecule has 0 N–H and O–H groups in total. The summed E-state index contributed by atoms with van der Waals surface area (Å²) in [6.45, 7) is 9.46. The Bertz CT molecular complexity index is 193. The molecule has 1 aliphatic rings. The Kier molecular flexibility index (Phi) is 2.99. The fraction of sp³-hybridized carbons (Fsp3) is 0.909. The lowest BCUT2D eigenvalue weighted by atomic mass is 9.91. The molecule has 2 heteroatoms. The summed E-state index contributed by atoms with van der Waals surface area (Å²) < 4.78 is 0. The van der Waals surface area contributed by atoms with E-state index >= 15 is 0 Å². The van der Waals surface area contributed by atoms with Crippen molar-refractivity contribution in [1.82, 2.24) is 4.90 Å². The second kappa shape index (κ2) is 3.69. The topological polar surface area (TPSA) is 20.3 Å². The van der Waals surface area contributed by atoms with Gasteiger partial charge in [-0.1, -0.05) is 20.8 Å². The van der Waals surface area contributed by atoms with Crippen LogP contribution in [0.2, 0.25) is 0 Å². The van der Waals surface area contributed by atoms with Gasteiger partial charge in [-0.2, -0.15) is 0 Å². The Morgan fingerprint density at radius 3 is 2.46 bits per heavy atom. The number of hydrogen-bond donors (Lipinski definition) is 0. The van der Waals surface area contributed by atoms with E-state index in [-0.39, 0.29) is 5.41 Å². The Balaban J connectivity index is 2.48. The molecule has 1 atom stereocenters. The summed E-state index contributed by atoms with van der Waals surface area (Å²) >= 11 is 0. The summed E-state index contributed by atoms with van der Waals surface area (Å²) in [5.74, 6) is 0.331. The van der Waals surface area contributed by atoms with Crippen molar-refractivity contribution in [3.05, 3.63) is 0 Å². The van der Waals surface area contributed by atoms with Gasteiger partial charge in [-0.25, -0.2) is 0 Å². The average molecular weight is 183 g/mol. The van der Waals surface area contributed by atoms with E-state index in [1.54, 1.807) is 0 Å². The lowest BCUT2D eigenvalue weighted by Crippen LogP contribution is -2.35. The van der Waals surface area contributed by atoms with Crippen molar-refractivity contribution in [1.29, 1.82) is 0 Å². The summed E-state index contributed by atoms with van der Waals surface area (Å²) in [4.78, 5) is 13.8. The molecule has 0 aromatic carbocycles. The first kappa shape index (κ1) is 10.6. The predicted molar refractivity (Wildman–Crippen MR) is 54.5 cm³/mol. The number of carbonyl (C=O) groups excluding carboxylic acids is 1. The Morgan fingerprint density at radius 1 is 1.46 bits per heavy atom. The molecular weight excluding hydrogens is 162 g/mol. The molecular formula is C11H21NO. The molecule has 0 aliphatic carbocycles. The van der Waals surface area contributed by atoms with Gasteiger partial charge in [-0.05, 0) is 25.2 Å². The van der Waals surface area contributed by atoms with Gasteiger partial charge in [0.1, 0.15) is 0 Å². The summed E-state index contributed by atoms with van der Waals surface area (Å²) in [6, 6.07) is 0.467. The number of hydrogen-bond acceptors (Lipinski definition) is 1. The highest BCUT2D eigenvalue weighted by Gasteiger charge is 2.27. The third kappa shape index (κ3) is 3.02. The van der Waals surface area contributed by atoms with E-state index in [4.69, 9.17) is 0 Å². The zero-order valence-electron chi connectivity index (χ0n) is 9.26. The summed E-state index contributed by atoms with van der Waals surface area (Å²) in [7, 11) is 0. The van der Waals surface area contributed by atoms with Crippen LogP contribution in [0.3, 0.4) is 0 Å². The van der Waals surface area contributed by atoms with E-state index in [1.807, 2.05) is 4.90 Å². The molecule has 0 aromatic heterocycles. The summed E-state index contributed by atoms with van der Waals surface area (Å²) in [5.41, 5.74) is 0.124. The van der Waals surface area contributed by atoms with Crippen molar-refractivity contribution in [2.24, 2.45) is 5.41 Å². The van der Waals surface area contributed by atoms with Gasteiger partial charge in [0.2, 0.25) is 5.91 Å². The minimum atomic E-state index is 0.124. The van der Waals surface area contributed by atoms with Gasteiger partial charge < -0.3 is 4.90 Å². The third-order valence-electron chi connectivity index (χ3n) is 2.55. The largest absolute Gasteiger partial charge is 0.340 e. The minimum Gasteiger partial charge on any atom is -0.340 e. The van der Waals surface area contributed by atoms with Crippen molar-refractivity contribution in [2.75, 3.05) is 6.54 Å². The molecule has 13 heavy (non-hydrogen) atoms. The zero-order chi connectivity index (χ0) is 10.1. The van der Waals surface area contributed by atoms with Gasteiger partial charge in [0.15, 0.2) is 0 Å². The zero-order valence-corrected chi connectivity index (χ0v) is 9.26. The van der Waals surface area contributed by atoms with Crippen molar-refractivity contribution in [2.45, 2.75) is 53.0 Å². The average Bonchev–Trinajstić information content (AvgIpc) is 2.30. The smallest absolute Gasteiger partial charge is 0.223 e. The van der Waals surface area contributed by atoms with E-state index in [9.17, 15) is 4.79 Å². The second-order valence-corrected chi connectivity index (χ2v) is 5.32. The molecule has 0 spiro atoms. The molecule has 0 saturated carbocycles. The molecule has 1 heterocycles. The van der Waals surface area contributed by atoms with E-state index in [1.165, 1.54) is 12.8 Å². The van der Waals surface area contributed by atoms with Crippen molar-refractivity contribution < 1.29 is 4.79 Å². The van der Waals surface area contributed by atoms with Crippen LogP contribution in [-0.2, 0) is 4.79 Å². The molecule has 0 bridgehead atoms. The molecule has 0 unspecified atom stereocenters. The standard InChI is InChI=1S/C11H21NO/c1-9-6-5-7-12(9)10(13)8-11(2,3)4/h9H,5-8H2,1-4H3/t9-/m0/s1. The highest BCUT2D eigenvalue weighted by Crippen LogP contribution is 2.24. The SMILES string of the molecule is C[C@H]1CCCN1C(=O)CC(C)(C)C. The van der Waals surface area contributed by atoms with Crippen molar-refractivity contribution in [3.8, 4) is 0 Å². The molecule has 1 aliphatic heterocycles. The van der Waals surface area contributed by atoms with Gasteiger partial charge in [0.05, 0.1) is 0 Å². The van der Waals surface area contributed by atoms with E-state index in [2.05, 4.69) is 27.7 Å². The fourth-order valence-corrected chi connectivity index (χ4v) is 1.86. The molecule has 1 amide bonds. The van der Waals surface area contributed by atoms with Gasteiger partial charge in [-0.15, -0.1) is 0 Å². The van der Waals surface area contributed by atoms with Gasteiger partial charge in [0.25, 0.3) is 0 Å². The highest BCUT2D eigenvalue weighted by molar-refractivity contribution is 5.77. The Morgan fingerprint density at radius 2 is 2.08 bits per heavy atom. The number of likely N-dealkylation sites (tertiary alicyclic amines) is 1. The molecule has 1 rings (SSSR count). The number of amides is 1. The van der Waals surface area contributed by atoms with Crippen LogP contribution in [0, 0.1) is 5.41 Å². The van der Waals surface area contributed by atoms with Crippen LogP contribution in [0.25, 0.3) is 0 Å². The van der Waals surface area contributed by atoms with E-state index < -0.39 is 0 Å². The number of carbonyl (C=O) groups is 1. The van der Waals surface area contributed by atoms with Crippen molar-refractivity contribution >= 4 is 5.91 Å². The molecule has 0 radical (unpaired) electrons. The quantitative estimate of drug-likeness (QED) is 0.611. The predicted octanol–water partition coefficient (Wildman–Crippen LogP) is 2.43. The molecule has 0 aromatic rings. The summed E-state index contributed by atoms with van der Waals surface area (Å²) in [5, 5.41) is 0. The highest BCUT2D eigenvalue weighted by atomic mass is 16.2. The monoisotopic (exact) mass is 183 g/mol. The number of rotatable bonds is 1. The first-order valence-corrected chi connectivity index (χ1v) is 5.19. The number of nitrogens with zero attached hydrogens (tertiary/aromatic N) is 1. The van der Waals surface area contributed by atoms with Crippen LogP contribution in [-0.4, -0.2) is 23.4 Å². The van der Waals surface area contributed by atoms with Crippen LogP contribution in [0.4, 0.5) is 0 Å². The molecule has 1 fully saturated rings.